The highest BCUT2D eigenvalue weighted by Crippen LogP contribution is 2.19. The van der Waals surface area contributed by atoms with Gasteiger partial charge in [-0.05, 0) is 46.2 Å². The summed E-state index contributed by atoms with van der Waals surface area (Å²) >= 11 is 0. The summed E-state index contributed by atoms with van der Waals surface area (Å²) in [4.78, 5) is 28.0. The fourth-order valence-corrected chi connectivity index (χ4v) is 5.94. The number of ether oxygens (including phenoxy) is 1. The number of nitrogen functional groups attached to an aromatic ring is 1. The highest BCUT2D eigenvalue weighted by molar-refractivity contribution is 5.68. The van der Waals surface area contributed by atoms with Gasteiger partial charge in [-0.1, -0.05) is 150 Å². The SMILES string of the molecule is C[C@@H]1CN(Cc2cccc(N)c2F)CCN1C(=O)O.C[C@@H]1CNCCN1C(=O)OCc1ccccc1.Cc1ccccc1.Cc1ccccc1.Cc1ccccc1. The van der Waals surface area contributed by atoms with Crippen LogP contribution in [-0.4, -0.2) is 83.3 Å². The zero-order chi connectivity index (χ0) is 41.4. The minimum Gasteiger partial charge on any atom is -0.465 e. The van der Waals surface area contributed by atoms with Crippen molar-refractivity contribution in [2.24, 2.45) is 0 Å². The van der Waals surface area contributed by atoms with E-state index in [1.165, 1.54) is 27.7 Å². The number of nitrogens with one attached hydrogen (secondary N) is 1. The van der Waals surface area contributed by atoms with E-state index in [4.69, 9.17) is 15.6 Å². The molecule has 7 rings (SSSR count). The van der Waals surface area contributed by atoms with Gasteiger partial charge in [0.25, 0.3) is 0 Å². The summed E-state index contributed by atoms with van der Waals surface area (Å²) in [5.41, 5.74) is 11.2. The average Bonchev–Trinajstić information content (AvgIpc) is 3.21. The van der Waals surface area contributed by atoms with E-state index in [1.807, 2.05) is 104 Å². The number of aryl methyl sites for hydroxylation is 3. The lowest BCUT2D eigenvalue weighted by atomic mass is 10.1. The molecule has 9 nitrogen and oxygen atoms in total. The molecule has 5 aromatic rings. The molecule has 2 aliphatic heterocycles. The molecule has 0 saturated carbocycles. The van der Waals surface area contributed by atoms with Gasteiger partial charge in [0.15, 0.2) is 5.82 Å². The molecule has 2 fully saturated rings. The van der Waals surface area contributed by atoms with E-state index in [2.05, 4.69) is 62.5 Å². The molecule has 4 N–H and O–H groups in total. The Bertz CT molecular complexity index is 1760. The largest absolute Gasteiger partial charge is 0.465 e. The Morgan fingerprint density at radius 2 is 1.21 bits per heavy atom. The van der Waals surface area contributed by atoms with Gasteiger partial charge in [0, 0.05) is 63.5 Å². The quantitative estimate of drug-likeness (QED) is 0.156. The van der Waals surface area contributed by atoms with Gasteiger partial charge in [-0.15, -0.1) is 0 Å². The number of carboxylic acid groups (broad SMARTS) is 1. The maximum Gasteiger partial charge on any atom is 0.410 e. The van der Waals surface area contributed by atoms with E-state index >= 15 is 0 Å². The van der Waals surface area contributed by atoms with Crippen LogP contribution < -0.4 is 11.1 Å². The number of rotatable bonds is 4. The summed E-state index contributed by atoms with van der Waals surface area (Å²) in [5.74, 6) is -0.379. The van der Waals surface area contributed by atoms with E-state index in [9.17, 15) is 14.0 Å². The molecule has 2 aliphatic rings. The predicted molar refractivity (Wildman–Crippen MR) is 229 cm³/mol. The van der Waals surface area contributed by atoms with E-state index in [1.54, 1.807) is 17.0 Å². The van der Waals surface area contributed by atoms with Gasteiger partial charge in [0.2, 0.25) is 0 Å². The van der Waals surface area contributed by atoms with Crippen LogP contribution in [0.15, 0.2) is 140 Å². The third kappa shape index (κ3) is 17.7. The fourth-order valence-electron chi connectivity index (χ4n) is 5.94. The molecular formula is C47H60FN5O4. The lowest BCUT2D eigenvalue weighted by Crippen LogP contribution is -2.53. The maximum absolute atomic E-state index is 13.8. The Balaban J connectivity index is 0.000000206. The summed E-state index contributed by atoms with van der Waals surface area (Å²) in [6, 6.07) is 45.6. The molecule has 2 amide bonds. The minimum absolute atomic E-state index is 0.0876. The Morgan fingerprint density at radius 1 is 0.702 bits per heavy atom. The normalized spacial score (nSPS) is 16.0. The topological polar surface area (TPSA) is 111 Å². The number of carbonyl (C=O) groups excluding carboxylic acids is 1. The Morgan fingerprint density at radius 3 is 1.65 bits per heavy atom. The summed E-state index contributed by atoms with van der Waals surface area (Å²) in [6.45, 7) is 15.0. The highest BCUT2D eigenvalue weighted by Gasteiger charge is 2.27. The zero-order valence-corrected chi connectivity index (χ0v) is 34.1. The Kier molecular flexibility index (Phi) is 20.4. The van der Waals surface area contributed by atoms with Gasteiger partial charge in [-0.25, -0.2) is 14.0 Å². The van der Waals surface area contributed by atoms with Crippen molar-refractivity contribution < 1.29 is 23.8 Å². The van der Waals surface area contributed by atoms with Crippen LogP contribution in [0.4, 0.5) is 19.7 Å². The molecular weight excluding hydrogens is 718 g/mol. The van der Waals surface area contributed by atoms with Gasteiger partial charge >= 0.3 is 12.2 Å². The zero-order valence-electron chi connectivity index (χ0n) is 34.1. The van der Waals surface area contributed by atoms with Crippen LogP contribution in [-0.2, 0) is 17.9 Å². The third-order valence-corrected chi connectivity index (χ3v) is 9.22. The standard InChI is InChI=1S/C13H18FN3O2.C13H18N2O2.3C7H8/c1-9-7-16(5-6-17(9)13(18)19)8-10-3-2-4-11(15)12(10)14;1-11-9-14-7-8-15(11)13(16)17-10-12-5-3-2-4-6-12;3*1-7-5-3-2-4-6-7/h2-4,9H,5-8,15H2,1H3,(H,18,19);2-6,11,14H,7-10H2,1H3;3*2-6H,1H3/t9-;11-;;;/m11.../s1. The van der Waals surface area contributed by atoms with Crippen LogP contribution in [0.1, 0.15) is 41.7 Å². The van der Waals surface area contributed by atoms with Crippen molar-refractivity contribution >= 4 is 17.9 Å². The fraction of sp³-hybridized carbons (Fsp3) is 0.319. The summed E-state index contributed by atoms with van der Waals surface area (Å²) in [6.07, 6.45) is -1.12. The van der Waals surface area contributed by atoms with E-state index < -0.39 is 6.09 Å². The first kappa shape index (κ1) is 45.7. The van der Waals surface area contributed by atoms with Crippen molar-refractivity contribution in [3.8, 4) is 0 Å². The van der Waals surface area contributed by atoms with Crippen LogP contribution in [0.5, 0.6) is 0 Å². The molecule has 5 aromatic carbocycles. The summed E-state index contributed by atoms with van der Waals surface area (Å²) in [5, 5.41) is 12.2. The number of nitrogens with two attached hydrogens (primary N) is 1. The molecule has 2 atom stereocenters. The number of benzene rings is 5. The molecule has 10 heteroatoms. The van der Waals surface area contributed by atoms with Crippen LogP contribution in [0, 0.1) is 26.6 Å². The first-order chi connectivity index (χ1) is 27.4. The molecule has 0 spiro atoms. The number of hydrogen-bond donors (Lipinski definition) is 3. The smallest absolute Gasteiger partial charge is 0.410 e. The number of nitrogens with zero attached hydrogens (tertiary/aromatic N) is 3. The number of hydrogen-bond acceptors (Lipinski definition) is 6. The van der Waals surface area contributed by atoms with Crippen molar-refractivity contribution in [3.05, 3.63) is 173 Å². The Hall–Kier alpha value is -5.71. The molecule has 0 unspecified atom stereocenters. The van der Waals surface area contributed by atoms with Crippen LogP contribution in [0.25, 0.3) is 0 Å². The molecule has 304 valence electrons. The van der Waals surface area contributed by atoms with Gasteiger partial charge in [-0.3, -0.25) is 4.90 Å². The van der Waals surface area contributed by atoms with Crippen molar-refractivity contribution in [2.45, 2.75) is 59.9 Å². The van der Waals surface area contributed by atoms with Gasteiger partial charge in [-0.2, -0.15) is 0 Å². The average molecular weight is 778 g/mol. The van der Waals surface area contributed by atoms with Crippen LogP contribution in [0.2, 0.25) is 0 Å². The van der Waals surface area contributed by atoms with E-state index in [-0.39, 0.29) is 29.7 Å². The number of anilines is 1. The minimum atomic E-state index is -0.901. The lowest BCUT2D eigenvalue weighted by Gasteiger charge is -2.38. The molecule has 0 aliphatic carbocycles. The summed E-state index contributed by atoms with van der Waals surface area (Å²) in [7, 11) is 0. The van der Waals surface area contributed by atoms with E-state index in [0.29, 0.717) is 38.3 Å². The van der Waals surface area contributed by atoms with Gasteiger partial charge in [0.05, 0.1) is 5.69 Å². The van der Waals surface area contributed by atoms with Gasteiger partial charge < -0.3 is 30.7 Å². The second kappa shape index (κ2) is 25.4. The molecule has 0 bridgehead atoms. The monoisotopic (exact) mass is 777 g/mol. The Labute approximate surface area is 338 Å². The molecule has 0 aromatic heterocycles. The van der Waals surface area contributed by atoms with Crippen LogP contribution >= 0.6 is 0 Å². The maximum atomic E-state index is 13.8. The lowest BCUT2D eigenvalue weighted by molar-refractivity contribution is 0.0706. The second-order valence-corrected chi connectivity index (χ2v) is 14.1. The third-order valence-electron chi connectivity index (χ3n) is 9.22. The molecule has 0 radical (unpaired) electrons. The van der Waals surface area contributed by atoms with Gasteiger partial charge in [0.1, 0.15) is 6.61 Å². The molecule has 57 heavy (non-hydrogen) atoms. The molecule has 2 heterocycles. The van der Waals surface area contributed by atoms with Crippen molar-refractivity contribution in [1.29, 1.82) is 0 Å². The van der Waals surface area contributed by atoms with Crippen LogP contribution in [0.3, 0.4) is 0 Å². The first-order valence-electron chi connectivity index (χ1n) is 19.4. The number of carbonyl (C=O) groups is 2. The number of halogens is 1. The molecule has 2 saturated heterocycles. The second-order valence-electron chi connectivity index (χ2n) is 14.1. The van der Waals surface area contributed by atoms with Crippen molar-refractivity contribution in [3.63, 3.8) is 0 Å². The highest BCUT2D eigenvalue weighted by atomic mass is 19.1. The number of amides is 2. The number of piperazine rings is 2. The first-order valence-corrected chi connectivity index (χ1v) is 19.4. The predicted octanol–water partition coefficient (Wildman–Crippen LogP) is 9.19. The van der Waals surface area contributed by atoms with Crippen molar-refractivity contribution in [2.75, 3.05) is 45.0 Å². The van der Waals surface area contributed by atoms with Crippen molar-refractivity contribution in [1.82, 2.24) is 20.0 Å². The van der Waals surface area contributed by atoms with E-state index in [0.717, 1.165) is 25.2 Å². The summed E-state index contributed by atoms with van der Waals surface area (Å²) < 4.78 is 19.1.